The summed E-state index contributed by atoms with van der Waals surface area (Å²) in [5.41, 5.74) is -5.57. The van der Waals surface area contributed by atoms with Crippen LogP contribution in [0.5, 0.6) is 0 Å². The molecule has 0 unspecified atom stereocenters. The lowest BCUT2D eigenvalue weighted by molar-refractivity contribution is -0.383. The monoisotopic (exact) mass is 411 g/mol. The van der Waals surface area contributed by atoms with E-state index < -0.39 is 29.4 Å². The minimum Gasteiger partial charge on any atom is -0.357 e. The average Bonchev–Trinajstić information content (AvgIpc) is 2.55. The molecule has 2 aromatic rings. The number of halogens is 7. The lowest BCUT2D eigenvalue weighted by Crippen LogP contribution is -2.55. The third kappa shape index (κ3) is 3.89. The zero-order valence-electron chi connectivity index (χ0n) is 13.6. The van der Waals surface area contributed by atoms with Gasteiger partial charge in [-0.15, -0.1) is 0 Å². The number of methoxy groups -OCH3 is 1. The highest BCUT2D eigenvalue weighted by molar-refractivity contribution is 6.34. The molecule has 0 aliphatic heterocycles. The Bertz CT molecular complexity index is 803. The third-order valence-electron chi connectivity index (χ3n) is 3.77. The van der Waals surface area contributed by atoms with Gasteiger partial charge in [0.2, 0.25) is 0 Å². The van der Waals surface area contributed by atoms with Gasteiger partial charge in [0.15, 0.2) is 0 Å². The molecule has 27 heavy (non-hydrogen) atoms. The Morgan fingerprint density at radius 1 is 0.926 bits per heavy atom. The molecule has 10 heteroatoms. The number of hydrogen-bond donors (Lipinski definition) is 1. The van der Waals surface area contributed by atoms with Crippen LogP contribution in [0.3, 0.4) is 0 Å². The number of ether oxygens (including phenoxy) is 1. The fourth-order valence-corrected chi connectivity index (χ4v) is 2.69. The molecule has 146 valence electrons. The van der Waals surface area contributed by atoms with Crippen molar-refractivity contribution >= 4 is 23.2 Å². The van der Waals surface area contributed by atoms with E-state index in [2.05, 4.69) is 10.1 Å². The van der Waals surface area contributed by atoms with Crippen LogP contribution in [0.1, 0.15) is 15.9 Å². The van der Waals surface area contributed by atoms with Crippen LogP contribution in [0.15, 0.2) is 48.5 Å². The number of anilines is 1. The predicted octanol–water partition coefficient (Wildman–Crippen LogP) is 5.56. The molecule has 0 heterocycles. The zero-order valence-corrected chi connectivity index (χ0v) is 14.3. The third-order valence-corrected chi connectivity index (χ3v) is 4.10. The topological polar surface area (TPSA) is 38.3 Å². The fourth-order valence-electron chi connectivity index (χ4n) is 2.47. The molecule has 0 radical (unpaired) electrons. The maximum atomic E-state index is 13.2. The molecule has 0 saturated heterocycles. The van der Waals surface area contributed by atoms with Gasteiger partial charge in [0, 0.05) is 18.4 Å². The Labute approximate surface area is 154 Å². The summed E-state index contributed by atoms with van der Waals surface area (Å²) >= 11 is 5.86. The Kier molecular flexibility index (Phi) is 5.77. The van der Waals surface area contributed by atoms with Crippen LogP contribution in [0, 0.1) is 0 Å². The molecule has 1 N–H and O–H groups in total. The van der Waals surface area contributed by atoms with Crippen molar-refractivity contribution < 1.29 is 35.9 Å². The SMILES string of the molecule is COC(c1ccc(NC(=O)c2ccccc2Cl)cc1)(C(F)(F)F)C(F)(F)F. The van der Waals surface area contributed by atoms with Gasteiger partial charge in [-0.3, -0.25) is 4.79 Å². The number of rotatable bonds is 4. The largest absolute Gasteiger partial charge is 0.430 e. The van der Waals surface area contributed by atoms with E-state index >= 15 is 0 Å². The number of amides is 1. The van der Waals surface area contributed by atoms with Gasteiger partial charge in [-0.05, 0) is 24.3 Å². The van der Waals surface area contributed by atoms with Gasteiger partial charge in [-0.25, -0.2) is 0 Å². The standard InChI is InChI=1S/C17H12ClF6NO2/c1-27-15(16(19,20)21,17(22,23)24)10-6-8-11(9-7-10)25-14(26)12-4-2-3-5-13(12)18/h2-9H,1H3,(H,25,26). The molecule has 2 aromatic carbocycles. The molecular formula is C17H12ClF6NO2. The number of alkyl halides is 6. The van der Waals surface area contributed by atoms with Crippen LogP contribution in [-0.4, -0.2) is 25.4 Å². The molecule has 0 fully saturated rings. The highest BCUT2D eigenvalue weighted by Crippen LogP contribution is 2.52. The number of nitrogens with one attached hydrogen (secondary N) is 1. The van der Waals surface area contributed by atoms with Gasteiger partial charge < -0.3 is 10.1 Å². The second kappa shape index (κ2) is 7.40. The molecule has 2 rings (SSSR count). The smallest absolute Gasteiger partial charge is 0.357 e. The zero-order chi connectivity index (χ0) is 20.5. The van der Waals surface area contributed by atoms with Crippen molar-refractivity contribution in [3.8, 4) is 0 Å². The Hall–Kier alpha value is -2.26. The maximum Gasteiger partial charge on any atom is 0.430 e. The van der Waals surface area contributed by atoms with Crippen molar-refractivity contribution in [1.29, 1.82) is 0 Å². The fraction of sp³-hybridized carbons (Fsp3) is 0.235. The van der Waals surface area contributed by atoms with Crippen LogP contribution in [-0.2, 0) is 10.3 Å². The summed E-state index contributed by atoms with van der Waals surface area (Å²) in [4.78, 5) is 12.1. The first-order valence-corrected chi connectivity index (χ1v) is 7.67. The molecule has 0 aromatic heterocycles. The number of hydrogen-bond acceptors (Lipinski definition) is 2. The number of benzene rings is 2. The maximum absolute atomic E-state index is 13.2. The van der Waals surface area contributed by atoms with E-state index in [1.54, 1.807) is 12.1 Å². The lowest BCUT2D eigenvalue weighted by atomic mass is 9.91. The molecule has 1 amide bonds. The van der Waals surface area contributed by atoms with Crippen molar-refractivity contribution in [3.63, 3.8) is 0 Å². The first-order chi connectivity index (χ1) is 12.4. The van der Waals surface area contributed by atoms with Crippen molar-refractivity contribution in [1.82, 2.24) is 0 Å². The van der Waals surface area contributed by atoms with E-state index in [0.29, 0.717) is 19.2 Å². The molecule has 3 nitrogen and oxygen atoms in total. The van der Waals surface area contributed by atoms with Crippen LogP contribution in [0.25, 0.3) is 0 Å². The number of carbonyl (C=O) groups excluding carboxylic acids is 1. The van der Waals surface area contributed by atoms with Gasteiger partial charge in [-0.2, -0.15) is 26.3 Å². The van der Waals surface area contributed by atoms with Gasteiger partial charge in [0.25, 0.3) is 11.5 Å². The molecule has 0 aliphatic carbocycles. The first kappa shape index (κ1) is 21.0. The van der Waals surface area contributed by atoms with Gasteiger partial charge in [0.05, 0.1) is 10.6 Å². The molecule has 0 spiro atoms. The summed E-state index contributed by atoms with van der Waals surface area (Å²) in [7, 11) is 0.327. The molecule has 0 bridgehead atoms. The summed E-state index contributed by atoms with van der Waals surface area (Å²) in [6, 6.07) is 9.01. The van der Waals surface area contributed by atoms with E-state index in [4.69, 9.17) is 11.6 Å². The average molecular weight is 412 g/mol. The lowest BCUT2D eigenvalue weighted by Gasteiger charge is -2.36. The van der Waals surface area contributed by atoms with Gasteiger partial charge in [-0.1, -0.05) is 35.9 Å². The molecule has 0 atom stereocenters. The highest BCUT2D eigenvalue weighted by Gasteiger charge is 2.72. The summed E-state index contributed by atoms with van der Waals surface area (Å²) in [6.45, 7) is 0. The van der Waals surface area contributed by atoms with Crippen molar-refractivity contribution in [2.45, 2.75) is 18.0 Å². The Morgan fingerprint density at radius 2 is 1.44 bits per heavy atom. The first-order valence-electron chi connectivity index (χ1n) is 7.29. The van der Waals surface area contributed by atoms with Gasteiger partial charge >= 0.3 is 12.4 Å². The van der Waals surface area contributed by atoms with E-state index in [-0.39, 0.29) is 16.3 Å². The minimum absolute atomic E-state index is 0.0157. The predicted molar refractivity (Wildman–Crippen MR) is 86.6 cm³/mol. The van der Waals surface area contributed by atoms with Crippen LogP contribution < -0.4 is 5.32 Å². The summed E-state index contributed by atoms with van der Waals surface area (Å²) in [6.07, 6.45) is -11.5. The Balaban J connectivity index is 2.35. The molecule has 0 saturated carbocycles. The van der Waals surface area contributed by atoms with Crippen molar-refractivity contribution in [3.05, 3.63) is 64.7 Å². The normalized spacial score (nSPS) is 12.7. The van der Waals surface area contributed by atoms with E-state index in [9.17, 15) is 31.1 Å². The van der Waals surface area contributed by atoms with Crippen molar-refractivity contribution in [2.24, 2.45) is 0 Å². The second-order valence-electron chi connectivity index (χ2n) is 5.39. The van der Waals surface area contributed by atoms with Crippen LogP contribution in [0.2, 0.25) is 5.02 Å². The minimum atomic E-state index is -5.75. The summed E-state index contributed by atoms with van der Waals surface area (Å²) in [5, 5.41) is 2.48. The van der Waals surface area contributed by atoms with E-state index in [0.717, 1.165) is 12.1 Å². The van der Waals surface area contributed by atoms with Gasteiger partial charge in [0.1, 0.15) is 0 Å². The van der Waals surface area contributed by atoms with Crippen LogP contribution >= 0.6 is 11.6 Å². The summed E-state index contributed by atoms with van der Waals surface area (Å²) in [5.74, 6) is -0.669. The Morgan fingerprint density at radius 3 is 1.89 bits per heavy atom. The molecule has 0 aliphatic rings. The highest BCUT2D eigenvalue weighted by atomic mass is 35.5. The van der Waals surface area contributed by atoms with Crippen LogP contribution in [0.4, 0.5) is 32.0 Å². The second-order valence-corrected chi connectivity index (χ2v) is 5.80. The molecular weight excluding hydrogens is 400 g/mol. The van der Waals surface area contributed by atoms with Crippen molar-refractivity contribution in [2.75, 3.05) is 12.4 Å². The van der Waals surface area contributed by atoms with E-state index in [1.807, 2.05) is 0 Å². The van der Waals surface area contributed by atoms with E-state index in [1.165, 1.54) is 12.1 Å². The quantitative estimate of drug-likeness (QED) is 0.669. The number of carbonyl (C=O) groups is 1. The summed E-state index contributed by atoms with van der Waals surface area (Å²) < 4.78 is 83.1.